The number of ether oxygens (including phenoxy) is 2. The van der Waals surface area contributed by atoms with Crippen LogP contribution in [0.4, 0.5) is 0 Å². The number of piperidine rings is 1. The average Bonchev–Trinajstić information content (AvgIpc) is 3.56. The first-order valence-electron chi connectivity index (χ1n) is 17.3. The van der Waals surface area contributed by atoms with Crippen LogP contribution in [0.5, 0.6) is 0 Å². The highest BCUT2D eigenvalue weighted by molar-refractivity contribution is 5.48. The molecule has 0 radical (unpaired) electrons. The number of allylic oxidation sites excluding steroid dienone is 1. The first-order chi connectivity index (χ1) is 20.3. The highest BCUT2D eigenvalue weighted by Gasteiger charge is 2.84. The van der Waals surface area contributed by atoms with E-state index < -0.39 is 42.4 Å². The zero-order valence-corrected chi connectivity index (χ0v) is 27.7. The smallest absolute Gasteiger partial charge is 0.186 e. The van der Waals surface area contributed by atoms with Crippen LogP contribution in [0.15, 0.2) is 11.6 Å². The predicted octanol–water partition coefficient (Wildman–Crippen LogP) is 1.22. The van der Waals surface area contributed by atoms with Crippen molar-refractivity contribution in [2.45, 2.75) is 154 Å². The van der Waals surface area contributed by atoms with Gasteiger partial charge in [-0.25, -0.2) is 0 Å². The molecule has 0 amide bonds. The van der Waals surface area contributed by atoms with Gasteiger partial charge in [-0.05, 0) is 74.0 Å². The van der Waals surface area contributed by atoms with Crippen molar-refractivity contribution in [3.8, 4) is 0 Å². The van der Waals surface area contributed by atoms with Gasteiger partial charge in [0.05, 0.1) is 30.5 Å². The number of hydrogen-bond acceptors (Lipinski definition) is 8. The van der Waals surface area contributed by atoms with Crippen molar-refractivity contribution in [3.63, 3.8) is 0 Å². The molecule has 2 spiro atoms. The molecule has 9 nitrogen and oxygen atoms in total. The molecule has 0 aromatic rings. The molecule has 0 bridgehead atoms. The van der Waals surface area contributed by atoms with Gasteiger partial charge in [0.15, 0.2) is 6.29 Å². The Labute approximate surface area is 262 Å². The molecule has 2 heterocycles. The van der Waals surface area contributed by atoms with E-state index in [2.05, 4.69) is 46.0 Å². The van der Waals surface area contributed by atoms with E-state index in [1.54, 1.807) is 13.8 Å². The SMILES string of the molecule is CC1CC([C@H](O)C(C)(C)O)[NH2+]C2C[C@@]3(C)C4=CC[C@@H]5C(C)(C)[C@@H](O[C@H]6OC[C@@H](O)[C@H](O)[C@H]6O)CC[C@]56C[C@@]46[C@@H](O)C[C@@]3(C)C12. The highest BCUT2D eigenvalue weighted by Crippen LogP contribution is 2.87. The number of fused-ring (bicyclic) bond motifs is 4. The summed E-state index contributed by atoms with van der Waals surface area (Å²) >= 11 is 0. The Bertz CT molecular complexity index is 1200. The van der Waals surface area contributed by atoms with E-state index in [0.717, 1.165) is 44.9 Å². The lowest BCUT2D eigenvalue weighted by Gasteiger charge is -2.61. The van der Waals surface area contributed by atoms with Crippen molar-refractivity contribution < 1.29 is 45.4 Å². The van der Waals surface area contributed by atoms with Crippen LogP contribution in [0, 0.1) is 44.8 Å². The van der Waals surface area contributed by atoms with E-state index in [1.165, 1.54) is 5.57 Å². The zero-order valence-electron chi connectivity index (χ0n) is 27.7. The molecule has 16 atom stereocenters. The van der Waals surface area contributed by atoms with E-state index in [9.17, 15) is 30.6 Å². The molecule has 4 saturated carbocycles. The minimum absolute atomic E-state index is 0.00861. The predicted molar refractivity (Wildman–Crippen MR) is 162 cm³/mol. The summed E-state index contributed by atoms with van der Waals surface area (Å²) < 4.78 is 12.1. The van der Waals surface area contributed by atoms with Crippen LogP contribution in [-0.4, -0.2) is 97.8 Å². The summed E-state index contributed by atoms with van der Waals surface area (Å²) in [5.74, 6) is 1.11. The third-order valence-electron chi connectivity index (χ3n) is 15.2. The number of quaternary nitrogens is 1. The molecule has 2 saturated heterocycles. The molecule has 5 aliphatic carbocycles. The lowest BCUT2D eigenvalue weighted by atomic mass is 9.44. The number of nitrogens with two attached hydrogens (primary N) is 1. The Morgan fingerprint density at radius 3 is 2.45 bits per heavy atom. The van der Waals surface area contributed by atoms with Crippen molar-refractivity contribution >= 4 is 0 Å². The number of aliphatic hydroxyl groups excluding tert-OH is 5. The van der Waals surface area contributed by atoms with Gasteiger partial charge in [0.25, 0.3) is 0 Å². The molecule has 4 unspecified atom stereocenters. The van der Waals surface area contributed by atoms with Gasteiger partial charge in [-0.2, -0.15) is 0 Å². The second-order valence-corrected chi connectivity index (χ2v) is 18.0. The van der Waals surface area contributed by atoms with E-state index in [0.29, 0.717) is 23.8 Å². The second-order valence-electron chi connectivity index (χ2n) is 18.0. The highest BCUT2D eigenvalue weighted by atomic mass is 16.7. The third kappa shape index (κ3) is 3.91. The summed E-state index contributed by atoms with van der Waals surface area (Å²) in [5, 5.41) is 67.1. The molecular formula is C35H58NO8+. The van der Waals surface area contributed by atoms with Crippen LogP contribution in [0.3, 0.4) is 0 Å². The maximum absolute atomic E-state index is 12.3. The van der Waals surface area contributed by atoms with Gasteiger partial charge in [0.2, 0.25) is 0 Å². The minimum Gasteiger partial charge on any atom is -0.392 e. The number of hydrogen-bond donors (Lipinski definition) is 7. The Hall–Kier alpha value is -0.620. The molecular weight excluding hydrogens is 562 g/mol. The fourth-order valence-electron chi connectivity index (χ4n) is 13.0. The van der Waals surface area contributed by atoms with Crippen molar-refractivity contribution in [2.24, 2.45) is 44.8 Å². The molecule has 2 aliphatic heterocycles. The maximum atomic E-state index is 12.3. The van der Waals surface area contributed by atoms with Gasteiger partial charge in [0, 0.05) is 29.6 Å². The summed E-state index contributed by atoms with van der Waals surface area (Å²) in [6.45, 7) is 15.1. The van der Waals surface area contributed by atoms with E-state index in [-0.39, 0.29) is 45.8 Å². The van der Waals surface area contributed by atoms with Crippen LogP contribution in [-0.2, 0) is 9.47 Å². The maximum Gasteiger partial charge on any atom is 0.186 e. The van der Waals surface area contributed by atoms with E-state index in [1.807, 2.05) is 0 Å². The summed E-state index contributed by atoms with van der Waals surface area (Å²) in [4.78, 5) is 0. The largest absolute Gasteiger partial charge is 0.392 e. The monoisotopic (exact) mass is 620 g/mol. The topological polar surface area (TPSA) is 156 Å². The van der Waals surface area contributed by atoms with Gasteiger partial charge in [-0.15, -0.1) is 0 Å². The third-order valence-corrected chi connectivity index (χ3v) is 15.2. The fourth-order valence-corrected chi connectivity index (χ4v) is 13.0. The minimum atomic E-state index is -1.30. The van der Waals surface area contributed by atoms with Crippen LogP contribution in [0.2, 0.25) is 0 Å². The van der Waals surface area contributed by atoms with Crippen LogP contribution < -0.4 is 5.32 Å². The fraction of sp³-hybridized carbons (Fsp3) is 0.943. The van der Waals surface area contributed by atoms with E-state index in [4.69, 9.17) is 9.47 Å². The van der Waals surface area contributed by atoms with Gasteiger partial charge in [-0.3, -0.25) is 0 Å². The molecule has 44 heavy (non-hydrogen) atoms. The second kappa shape index (κ2) is 9.73. The lowest BCUT2D eigenvalue weighted by molar-refractivity contribution is -0.746. The quantitative estimate of drug-likeness (QED) is 0.232. The Morgan fingerprint density at radius 1 is 1.07 bits per heavy atom. The van der Waals surface area contributed by atoms with Crippen LogP contribution in [0.25, 0.3) is 0 Å². The zero-order chi connectivity index (χ0) is 32.0. The standard InChI is InChI=1S/C35H57NO8/c1-17-12-18(28(41)31(4,5)42)36-19-13-32(6)22-9-8-21-30(2,3)24(44-29-27(40)26(39)20(37)15-43-29)10-11-34(21)16-35(22,34)23(38)14-33(32,7)25(17)19/h9,17-21,23-29,36-42H,8,10-16H2,1-7H3/p+1/t17?,18?,19?,20-,21-,23+,24+,25?,26+,27-,28+,29-,32+,33+,34+,35+/m1/s1. The van der Waals surface area contributed by atoms with Crippen molar-refractivity contribution in [1.29, 1.82) is 0 Å². The molecule has 0 aromatic heterocycles. The first kappa shape index (κ1) is 32.0. The van der Waals surface area contributed by atoms with Gasteiger partial charge >= 0.3 is 0 Å². The molecule has 0 aromatic carbocycles. The average molecular weight is 621 g/mol. The molecule has 7 aliphatic rings. The lowest BCUT2D eigenvalue weighted by Crippen LogP contribution is -3.01. The summed E-state index contributed by atoms with van der Waals surface area (Å²) in [6.07, 6.45) is 2.73. The molecule has 8 N–H and O–H groups in total. The molecule has 250 valence electrons. The summed E-state index contributed by atoms with van der Waals surface area (Å²) in [7, 11) is 0. The Morgan fingerprint density at radius 2 is 1.77 bits per heavy atom. The Balaban J connectivity index is 1.18. The number of aliphatic hydroxyl groups is 6. The van der Waals surface area contributed by atoms with Gasteiger partial charge < -0.3 is 45.4 Å². The van der Waals surface area contributed by atoms with Gasteiger partial charge in [-0.1, -0.05) is 46.3 Å². The van der Waals surface area contributed by atoms with Crippen molar-refractivity contribution in [2.75, 3.05) is 6.61 Å². The first-order valence-corrected chi connectivity index (χ1v) is 17.3. The van der Waals surface area contributed by atoms with Crippen LogP contribution in [0.1, 0.15) is 93.4 Å². The molecule has 7 rings (SSSR count). The van der Waals surface area contributed by atoms with Gasteiger partial charge in [0.1, 0.15) is 30.5 Å². The summed E-state index contributed by atoms with van der Waals surface area (Å²) in [6, 6.07) is 0.296. The number of rotatable bonds is 4. The normalized spacial score (nSPS) is 56.8. The van der Waals surface area contributed by atoms with Crippen molar-refractivity contribution in [1.82, 2.24) is 0 Å². The van der Waals surface area contributed by atoms with Crippen LogP contribution >= 0.6 is 0 Å². The summed E-state index contributed by atoms with van der Waals surface area (Å²) in [5.41, 5.74) is -0.237. The molecule has 9 heteroatoms. The van der Waals surface area contributed by atoms with Crippen molar-refractivity contribution in [3.05, 3.63) is 11.6 Å². The molecule has 6 fully saturated rings. The van der Waals surface area contributed by atoms with E-state index >= 15 is 0 Å². The Kier molecular flexibility index (Phi) is 7.06.